The molecule has 33 heavy (non-hydrogen) atoms. The van der Waals surface area contributed by atoms with Gasteiger partial charge in [-0.15, -0.1) is 11.8 Å². The molecule has 3 rings (SSSR count). The van der Waals surface area contributed by atoms with Gasteiger partial charge in [0.1, 0.15) is 24.1 Å². The van der Waals surface area contributed by atoms with Gasteiger partial charge in [-0.05, 0) is 61.4 Å². The van der Waals surface area contributed by atoms with Crippen LogP contribution in [0, 0.1) is 0 Å². The van der Waals surface area contributed by atoms with Gasteiger partial charge in [-0.25, -0.2) is 0 Å². The van der Waals surface area contributed by atoms with Crippen molar-refractivity contribution in [3.8, 4) is 16.9 Å². The summed E-state index contributed by atoms with van der Waals surface area (Å²) in [6.07, 6.45) is -1.50. The fourth-order valence-electron chi connectivity index (χ4n) is 4.18. The molecule has 7 nitrogen and oxygen atoms in total. The summed E-state index contributed by atoms with van der Waals surface area (Å²) >= 11 is 1.65. The molecule has 1 unspecified atom stereocenters. The Morgan fingerprint density at radius 1 is 1.15 bits per heavy atom. The fraction of sp³-hybridized carbons (Fsp3) is 0.480. The van der Waals surface area contributed by atoms with Gasteiger partial charge < -0.3 is 29.7 Å². The average Bonchev–Trinajstić information content (AvgIpc) is 2.78. The Morgan fingerprint density at radius 3 is 2.55 bits per heavy atom. The molecule has 180 valence electrons. The van der Waals surface area contributed by atoms with Crippen molar-refractivity contribution < 1.29 is 29.2 Å². The molecule has 1 fully saturated rings. The number of carbonyl (C=O) groups excluding carboxylic acids is 1. The number of ether oxygens (including phenoxy) is 3. The van der Waals surface area contributed by atoms with Crippen LogP contribution in [0.4, 0.5) is 0 Å². The maximum Gasteiger partial charge on any atom is 0.229 e. The molecule has 4 atom stereocenters. The molecule has 1 heterocycles. The minimum atomic E-state index is -1.27. The standard InChI is InChI=1S/C25H33NO6S/c1-15(27)26-13-12-16-10-11-17(14-19(16)18-8-6-7-9-20(18)33-5)31-24-22(29)21(28)23(30-4)25(2,3)32-24/h6-11,14,21-24,28-29H,12-13H2,1-5H3,(H,26,27)/t21-,22-,23+,24?/m0/s1. The lowest BCUT2D eigenvalue weighted by atomic mass is 9.89. The fourth-order valence-corrected chi connectivity index (χ4v) is 4.79. The zero-order valence-corrected chi connectivity index (χ0v) is 20.5. The molecule has 1 aliphatic rings. The van der Waals surface area contributed by atoms with E-state index in [9.17, 15) is 15.0 Å². The molecule has 0 saturated carbocycles. The highest BCUT2D eigenvalue weighted by Crippen LogP contribution is 2.37. The lowest BCUT2D eigenvalue weighted by Gasteiger charge is -2.46. The maximum absolute atomic E-state index is 11.3. The van der Waals surface area contributed by atoms with E-state index in [0.29, 0.717) is 18.7 Å². The van der Waals surface area contributed by atoms with Gasteiger partial charge in [0.2, 0.25) is 12.2 Å². The molecule has 3 N–H and O–H groups in total. The van der Waals surface area contributed by atoms with Gasteiger partial charge in [0, 0.05) is 25.5 Å². The first-order valence-corrected chi connectivity index (χ1v) is 12.1. The summed E-state index contributed by atoms with van der Waals surface area (Å²) in [4.78, 5) is 12.4. The highest BCUT2D eigenvalue weighted by Gasteiger charge is 2.50. The van der Waals surface area contributed by atoms with Crippen molar-refractivity contribution >= 4 is 17.7 Å². The summed E-state index contributed by atoms with van der Waals surface area (Å²) in [5.74, 6) is 0.437. The summed E-state index contributed by atoms with van der Waals surface area (Å²) in [5, 5.41) is 24.0. The lowest BCUT2D eigenvalue weighted by molar-refractivity contribution is -0.305. The third-order valence-corrected chi connectivity index (χ3v) is 6.59. The second-order valence-corrected chi connectivity index (χ2v) is 9.45. The Bertz CT molecular complexity index is 966. The van der Waals surface area contributed by atoms with Crippen molar-refractivity contribution in [1.82, 2.24) is 5.32 Å². The van der Waals surface area contributed by atoms with Crippen LogP contribution in [-0.4, -0.2) is 66.2 Å². The first kappa shape index (κ1) is 25.5. The Morgan fingerprint density at radius 2 is 1.88 bits per heavy atom. The molecule has 0 aliphatic carbocycles. The van der Waals surface area contributed by atoms with Crippen LogP contribution >= 0.6 is 11.8 Å². The van der Waals surface area contributed by atoms with Crippen LogP contribution < -0.4 is 10.1 Å². The largest absolute Gasteiger partial charge is 0.462 e. The molecule has 1 saturated heterocycles. The van der Waals surface area contributed by atoms with E-state index >= 15 is 0 Å². The number of hydrogen-bond donors (Lipinski definition) is 3. The first-order chi connectivity index (χ1) is 15.7. The summed E-state index contributed by atoms with van der Waals surface area (Å²) in [7, 11) is 1.47. The number of rotatable bonds is 8. The van der Waals surface area contributed by atoms with Crippen molar-refractivity contribution in [2.45, 2.75) is 62.3 Å². The Labute approximate surface area is 199 Å². The van der Waals surface area contributed by atoms with Gasteiger partial charge in [-0.2, -0.15) is 0 Å². The average molecular weight is 476 g/mol. The molecule has 0 radical (unpaired) electrons. The molecule has 0 spiro atoms. The lowest BCUT2D eigenvalue weighted by Crippen LogP contribution is -2.63. The van der Waals surface area contributed by atoms with Gasteiger partial charge in [0.25, 0.3) is 0 Å². The monoisotopic (exact) mass is 475 g/mol. The predicted molar refractivity (Wildman–Crippen MR) is 128 cm³/mol. The molecular weight excluding hydrogens is 442 g/mol. The SMILES string of the molecule is CO[C@@H]1[C@@H](O)[C@H](O)C(Oc2ccc(CCNC(C)=O)c(-c3ccccc3SC)c2)OC1(C)C. The normalized spacial score (nSPS) is 24.3. The molecule has 0 aromatic heterocycles. The minimum Gasteiger partial charge on any atom is -0.462 e. The molecule has 0 bridgehead atoms. The number of hydrogen-bond acceptors (Lipinski definition) is 7. The van der Waals surface area contributed by atoms with Crippen LogP contribution in [0.25, 0.3) is 11.1 Å². The Balaban J connectivity index is 1.93. The van der Waals surface area contributed by atoms with E-state index in [1.54, 1.807) is 25.6 Å². The summed E-state index contributed by atoms with van der Waals surface area (Å²) in [6.45, 7) is 5.60. The number of aliphatic hydroxyl groups excluding tert-OH is 2. The number of benzene rings is 2. The topological polar surface area (TPSA) is 97.3 Å². The second-order valence-electron chi connectivity index (χ2n) is 8.60. The molecule has 1 amide bonds. The van der Waals surface area contributed by atoms with Crippen molar-refractivity contribution in [3.05, 3.63) is 48.0 Å². The number of carbonyl (C=O) groups is 1. The Kier molecular flexibility index (Phi) is 8.42. The second kappa shape index (κ2) is 10.9. The quantitative estimate of drug-likeness (QED) is 0.505. The third-order valence-electron chi connectivity index (χ3n) is 5.80. The number of amides is 1. The third kappa shape index (κ3) is 5.88. The van der Waals surface area contributed by atoms with E-state index in [4.69, 9.17) is 14.2 Å². The van der Waals surface area contributed by atoms with E-state index in [-0.39, 0.29) is 5.91 Å². The zero-order chi connectivity index (χ0) is 24.2. The highest BCUT2D eigenvalue weighted by atomic mass is 32.2. The minimum absolute atomic E-state index is 0.0695. The first-order valence-electron chi connectivity index (χ1n) is 10.9. The molecule has 2 aromatic rings. The number of methoxy groups -OCH3 is 1. The van der Waals surface area contributed by atoms with Gasteiger partial charge >= 0.3 is 0 Å². The van der Waals surface area contributed by atoms with Crippen LogP contribution in [0.15, 0.2) is 47.4 Å². The van der Waals surface area contributed by atoms with Crippen LogP contribution in [0.3, 0.4) is 0 Å². The predicted octanol–water partition coefficient (Wildman–Crippen LogP) is 3.00. The summed E-state index contributed by atoms with van der Waals surface area (Å²) in [6, 6.07) is 13.8. The van der Waals surface area contributed by atoms with E-state index in [1.165, 1.54) is 14.0 Å². The van der Waals surface area contributed by atoms with Gasteiger partial charge in [-0.1, -0.05) is 24.3 Å². The summed E-state index contributed by atoms with van der Waals surface area (Å²) in [5.41, 5.74) is 2.23. The summed E-state index contributed by atoms with van der Waals surface area (Å²) < 4.78 is 17.3. The van der Waals surface area contributed by atoms with Gasteiger partial charge in [0.05, 0.1) is 5.60 Å². The van der Waals surface area contributed by atoms with Gasteiger partial charge in [0.15, 0.2) is 0 Å². The highest BCUT2D eigenvalue weighted by molar-refractivity contribution is 7.98. The van der Waals surface area contributed by atoms with Crippen LogP contribution in [-0.2, 0) is 20.7 Å². The van der Waals surface area contributed by atoms with Crippen molar-refractivity contribution in [1.29, 1.82) is 0 Å². The van der Waals surface area contributed by atoms with Crippen LogP contribution in [0.5, 0.6) is 5.75 Å². The molecular formula is C25H33NO6S. The van der Waals surface area contributed by atoms with Crippen LogP contribution in [0.1, 0.15) is 26.3 Å². The number of nitrogens with one attached hydrogen (secondary N) is 1. The number of aliphatic hydroxyl groups is 2. The zero-order valence-electron chi connectivity index (χ0n) is 19.7. The van der Waals surface area contributed by atoms with E-state index in [0.717, 1.165) is 21.6 Å². The van der Waals surface area contributed by atoms with E-state index in [1.807, 2.05) is 36.6 Å². The van der Waals surface area contributed by atoms with Crippen molar-refractivity contribution in [2.24, 2.45) is 0 Å². The molecule has 8 heteroatoms. The van der Waals surface area contributed by atoms with E-state index in [2.05, 4.69) is 17.4 Å². The van der Waals surface area contributed by atoms with Crippen LogP contribution in [0.2, 0.25) is 0 Å². The smallest absolute Gasteiger partial charge is 0.229 e. The Hall–Kier alpha value is -2.10. The van der Waals surface area contributed by atoms with Crippen molar-refractivity contribution in [3.63, 3.8) is 0 Å². The maximum atomic E-state index is 11.3. The molecule has 2 aromatic carbocycles. The van der Waals surface area contributed by atoms with Gasteiger partial charge in [-0.3, -0.25) is 4.79 Å². The van der Waals surface area contributed by atoms with E-state index < -0.39 is 30.2 Å². The molecule has 1 aliphatic heterocycles. The van der Waals surface area contributed by atoms with Crippen molar-refractivity contribution in [2.75, 3.05) is 19.9 Å². The number of thioether (sulfide) groups is 1.